The Morgan fingerprint density at radius 2 is 1.81 bits per heavy atom. The van der Waals surface area contributed by atoms with Gasteiger partial charge >= 0.3 is 0 Å². The van der Waals surface area contributed by atoms with Crippen LogP contribution in [0, 0.1) is 11.6 Å². The molecule has 0 radical (unpaired) electrons. The van der Waals surface area contributed by atoms with E-state index in [-0.39, 0.29) is 30.6 Å². The molecule has 2 aromatic rings. The highest BCUT2D eigenvalue weighted by Crippen LogP contribution is 2.11. The molecule has 2 aromatic carbocycles. The molecule has 21 heavy (non-hydrogen) atoms. The molecule has 5 heteroatoms. The first-order valence-corrected chi connectivity index (χ1v) is 6.53. The highest BCUT2D eigenvalue weighted by Gasteiger charge is 2.03. The van der Waals surface area contributed by atoms with Crippen molar-refractivity contribution in [1.29, 1.82) is 0 Å². The van der Waals surface area contributed by atoms with Crippen molar-refractivity contribution in [2.24, 2.45) is 0 Å². The first-order valence-electron chi connectivity index (χ1n) is 6.53. The number of amides is 1. The number of hydrogen-bond acceptors (Lipinski definition) is 2. The van der Waals surface area contributed by atoms with Gasteiger partial charge in [-0.3, -0.25) is 4.79 Å². The van der Waals surface area contributed by atoms with Crippen molar-refractivity contribution in [3.8, 4) is 5.75 Å². The minimum Gasteiger partial charge on any atom is -0.492 e. The monoisotopic (exact) mass is 291 g/mol. The quantitative estimate of drug-likeness (QED) is 0.831. The van der Waals surface area contributed by atoms with Crippen LogP contribution in [0.3, 0.4) is 0 Å². The summed E-state index contributed by atoms with van der Waals surface area (Å²) >= 11 is 0. The maximum atomic E-state index is 12.9. The van der Waals surface area contributed by atoms with Crippen molar-refractivity contribution in [2.75, 3.05) is 13.2 Å². The van der Waals surface area contributed by atoms with Gasteiger partial charge in [0.05, 0.1) is 13.0 Å². The molecular formula is C16H15F2NO2. The van der Waals surface area contributed by atoms with Crippen LogP contribution in [0.25, 0.3) is 0 Å². The number of benzene rings is 2. The van der Waals surface area contributed by atoms with Gasteiger partial charge in [0.25, 0.3) is 0 Å². The van der Waals surface area contributed by atoms with Gasteiger partial charge < -0.3 is 10.1 Å². The lowest BCUT2D eigenvalue weighted by atomic mass is 10.1. The summed E-state index contributed by atoms with van der Waals surface area (Å²) in [6, 6.07) is 11.6. The minimum atomic E-state index is -0.368. The van der Waals surface area contributed by atoms with Gasteiger partial charge in [-0.25, -0.2) is 8.78 Å². The van der Waals surface area contributed by atoms with Gasteiger partial charge in [-0.2, -0.15) is 0 Å². The molecule has 0 aliphatic carbocycles. The Morgan fingerprint density at radius 3 is 2.52 bits per heavy atom. The van der Waals surface area contributed by atoms with Crippen LogP contribution < -0.4 is 10.1 Å². The smallest absolute Gasteiger partial charge is 0.224 e. The van der Waals surface area contributed by atoms with Crippen LogP contribution >= 0.6 is 0 Å². The zero-order valence-corrected chi connectivity index (χ0v) is 11.3. The molecule has 0 aliphatic rings. The third kappa shape index (κ3) is 5.22. The van der Waals surface area contributed by atoms with E-state index in [1.165, 1.54) is 24.3 Å². The number of halogens is 2. The molecule has 0 atom stereocenters. The Balaban J connectivity index is 1.68. The molecule has 0 fully saturated rings. The zero-order valence-electron chi connectivity index (χ0n) is 11.3. The van der Waals surface area contributed by atoms with E-state index in [2.05, 4.69) is 5.32 Å². The summed E-state index contributed by atoms with van der Waals surface area (Å²) in [5, 5.41) is 2.68. The van der Waals surface area contributed by atoms with Gasteiger partial charge in [-0.15, -0.1) is 0 Å². The van der Waals surface area contributed by atoms with Crippen molar-refractivity contribution in [2.45, 2.75) is 6.42 Å². The summed E-state index contributed by atoms with van der Waals surface area (Å²) in [4.78, 5) is 11.6. The minimum absolute atomic E-state index is 0.176. The molecular weight excluding hydrogens is 276 g/mol. The lowest BCUT2D eigenvalue weighted by Crippen LogP contribution is -2.29. The average Bonchev–Trinajstić information content (AvgIpc) is 2.46. The molecule has 0 saturated heterocycles. The number of ether oxygens (including phenoxy) is 1. The molecule has 1 N–H and O–H groups in total. The van der Waals surface area contributed by atoms with E-state index in [4.69, 9.17) is 4.74 Å². The predicted molar refractivity (Wildman–Crippen MR) is 75.0 cm³/mol. The second kappa shape index (κ2) is 7.38. The summed E-state index contributed by atoms with van der Waals surface area (Å²) in [6.45, 7) is 0.565. The maximum absolute atomic E-state index is 12.9. The van der Waals surface area contributed by atoms with Crippen LogP contribution in [0.1, 0.15) is 5.56 Å². The number of rotatable bonds is 6. The van der Waals surface area contributed by atoms with Gasteiger partial charge in [0.15, 0.2) is 0 Å². The molecule has 0 saturated carbocycles. The molecule has 2 rings (SSSR count). The molecule has 3 nitrogen and oxygen atoms in total. The first-order chi connectivity index (χ1) is 10.1. The topological polar surface area (TPSA) is 38.3 Å². The summed E-state index contributed by atoms with van der Waals surface area (Å²) in [7, 11) is 0. The Kier molecular flexibility index (Phi) is 5.26. The van der Waals surface area contributed by atoms with E-state index in [0.29, 0.717) is 12.3 Å². The number of carbonyl (C=O) groups is 1. The first kappa shape index (κ1) is 15.0. The molecule has 0 unspecified atom stereocenters. The SMILES string of the molecule is O=C(Cc1ccc(F)cc1)NCCOc1cccc(F)c1. The molecule has 110 valence electrons. The number of carbonyl (C=O) groups excluding carboxylic acids is 1. The van der Waals surface area contributed by atoms with E-state index in [1.54, 1.807) is 24.3 Å². The molecule has 0 heterocycles. The van der Waals surface area contributed by atoms with Gasteiger partial charge in [0.1, 0.15) is 24.0 Å². The van der Waals surface area contributed by atoms with Crippen LogP contribution in [0.4, 0.5) is 8.78 Å². The van der Waals surface area contributed by atoms with E-state index < -0.39 is 0 Å². The van der Waals surface area contributed by atoms with Crippen LogP contribution in [-0.2, 0) is 11.2 Å². The normalized spacial score (nSPS) is 10.2. The molecule has 0 bridgehead atoms. The number of hydrogen-bond donors (Lipinski definition) is 1. The van der Waals surface area contributed by atoms with Gasteiger partial charge in [0.2, 0.25) is 5.91 Å². The maximum Gasteiger partial charge on any atom is 0.224 e. The lowest BCUT2D eigenvalue weighted by Gasteiger charge is -2.08. The second-order valence-electron chi connectivity index (χ2n) is 4.46. The van der Waals surface area contributed by atoms with Gasteiger partial charge in [0, 0.05) is 6.07 Å². The van der Waals surface area contributed by atoms with Gasteiger partial charge in [-0.1, -0.05) is 18.2 Å². The van der Waals surface area contributed by atoms with Crippen LogP contribution in [0.2, 0.25) is 0 Å². The van der Waals surface area contributed by atoms with Crippen molar-refractivity contribution in [3.05, 3.63) is 65.7 Å². The highest BCUT2D eigenvalue weighted by molar-refractivity contribution is 5.78. The van der Waals surface area contributed by atoms with E-state index in [0.717, 1.165) is 5.56 Å². The Labute approximate surface area is 121 Å². The standard InChI is InChI=1S/C16H15F2NO2/c17-13-6-4-12(5-7-13)10-16(20)19-8-9-21-15-3-1-2-14(18)11-15/h1-7,11H,8-10H2,(H,19,20). The third-order valence-electron chi connectivity index (χ3n) is 2.77. The average molecular weight is 291 g/mol. The third-order valence-corrected chi connectivity index (χ3v) is 2.77. The van der Waals surface area contributed by atoms with Crippen LogP contribution in [0.15, 0.2) is 48.5 Å². The van der Waals surface area contributed by atoms with Crippen molar-refractivity contribution >= 4 is 5.91 Å². The molecule has 0 aromatic heterocycles. The largest absolute Gasteiger partial charge is 0.492 e. The Hall–Kier alpha value is -2.43. The summed E-state index contributed by atoms with van der Waals surface area (Å²) in [5.74, 6) is -0.456. The van der Waals surface area contributed by atoms with Crippen molar-refractivity contribution < 1.29 is 18.3 Å². The molecule has 0 aliphatic heterocycles. The van der Waals surface area contributed by atoms with E-state index in [9.17, 15) is 13.6 Å². The fourth-order valence-corrected chi connectivity index (χ4v) is 1.77. The van der Waals surface area contributed by atoms with Crippen LogP contribution in [-0.4, -0.2) is 19.1 Å². The molecule has 0 spiro atoms. The lowest BCUT2D eigenvalue weighted by molar-refractivity contribution is -0.120. The number of nitrogens with one attached hydrogen (secondary N) is 1. The van der Waals surface area contributed by atoms with Crippen molar-refractivity contribution in [1.82, 2.24) is 5.32 Å². The Bertz CT molecular complexity index is 599. The predicted octanol–water partition coefficient (Wildman–Crippen LogP) is 2.70. The Morgan fingerprint density at radius 1 is 1.05 bits per heavy atom. The summed E-state index contributed by atoms with van der Waals surface area (Å²) in [5.41, 5.74) is 0.736. The zero-order chi connectivity index (χ0) is 15.1. The fourth-order valence-electron chi connectivity index (χ4n) is 1.77. The van der Waals surface area contributed by atoms with E-state index >= 15 is 0 Å². The summed E-state index contributed by atoms with van der Waals surface area (Å²) in [6.07, 6.45) is 0.181. The highest BCUT2D eigenvalue weighted by atomic mass is 19.1. The second-order valence-corrected chi connectivity index (χ2v) is 4.46. The van der Waals surface area contributed by atoms with Crippen LogP contribution in [0.5, 0.6) is 5.75 Å². The van der Waals surface area contributed by atoms with E-state index in [1.807, 2.05) is 0 Å². The molecule has 1 amide bonds. The van der Waals surface area contributed by atoms with Gasteiger partial charge in [-0.05, 0) is 29.8 Å². The summed E-state index contributed by atoms with van der Waals surface area (Å²) < 4.78 is 30.9. The fraction of sp³-hybridized carbons (Fsp3) is 0.188. The van der Waals surface area contributed by atoms with Crippen molar-refractivity contribution in [3.63, 3.8) is 0 Å².